The summed E-state index contributed by atoms with van der Waals surface area (Å²) >= 11 is 0. The molecule has 3 heteroatoms. The number of rotatable bonds is 3. The van der Waals surface area contributed by atoms with Gasteiger partial charge in [0.05, 0.1) is 5.56 Å². The molecule has 0 saturated heterocycles. The van der Waals surface area contributed by atoms with Gasteiger partial charge in [0.2, 0.25) is 0 Å². The molecule has 0 radical (unpaired) electrons. The van der Waals surface area contributed by atoms with Gasteiger partial charge in [-0.05, 0) is 44.4 Å². The average Bonchev–Trinajstić information content (AvgIpc) is 2.33. The molecular weight excluding hydrogens is 216 g/mol. The topological polar surface area (TPSA) is 46.5 Å². The van der Waals surface area contributed by atoms with Crippen molar-refractivity contribution in [2.75, 3.05) is 0 Å². The smallest absolute Gasteiger partial charge is 0.336 e. The van der Waals surface area contributed by atoms with Crippen LogP contribution in [0, 0.1) is 6.92 Å². The van der Waals surface area contributed by atoms with Crippen molar-refractivity contribution in [1.29, 1.82) is 0 Å². The van der Waals surface area contributed by atoms with Crippen molar-refractivity contribution in [3.63, 3.8) is 0 Å². The lowest BCUT2D eigenvalue weighted by Crippen LogP contribution is -2.16. The Hall–Kier alpha value is -1.77. The second kappa shape index (κ2) is 5.04. The van der Waals surface area contributed by atoms with Crippen LogP contribution in [0.3, 0.4) is 0 Å². The molecule has 0 bridgehead atoms. The van der Waals surface area contributed by atoms with Gasteiger partial charge in [-0.15, -0.1) is 0 Å². The van der Waals surface area contributed by atoms with Crippen LogP contribution in [0.2, 0.25) is 0 Å². The quantitative estimate of drug-likeness (QED) is 0.814. The minimum Gasteiger partial charge on any atom is -0.486 e. The number of carboxylic acids is 1. The summed E-state index contributed by atoms with van der Waals surface area (Å²) in [5.74, 6) is -0.242. The maximum atomic E-state index is 11.0. The van der Waals surface area contributed by atoms with E-state index in [1.165, 1.54) is 0 Å². The normalized spacial score (nSPS) is 19.0. The van der Waals surface area contributed by atoms with E-state index in [1.54, 1.807) is 19.1 Å². The predicted molar refractivity (Wildman–Crippen MR) is 65.5 cm³/mol. The van der Waals surface area contributed by atoms with Crippen LogP contribution in [0.25, 0.3) is 0 Å². The molecule has 2 rings (SSSR count). The molecule has 0 amide bonds. The van der Waals surface area contributed by atoms with E-state index in [2.05, 4.69) is 12.2 Å². The van der Waals surface area contributed by atoms with Crippen molar-refractivity contribution < 1.29 is 14.6 Å². The summed E-state index contributed by atoms with van der Waals surface area (Å²) in [6.07, 6.45) is 7.47. The Labute approximate surface area is 101 Å². The van der Waals surface area contributed by atoms with Gasteiger partial charge in [-0.25, -0.2) is 4.79 Å². The maximum absolute atomic E-state index is 11.0. The number of carbonyl (C=O) groups is 1. The second-order valence-electron chi connectivity index (χ2n) is 4.25. The Morgan fingerprint density at radius 2 is 2.29 bits per heavy atom. The summed E-state index contributed by atoms with van der Waals surface area (Å²) < 4.78 is 5.83. The van der Waals surface area contributed by atoms with E-state index in [-0.39, 0.29) is 6.10 Å². The first-order chi connectivity index (χ1) is 8.18. The summed E-state index contributed by atoms with van der Waals surface area (Å²) in [5.41, 5.74) is 1.00. The van der Waals surface area contributed by atoms with Gasteiger partial charge in [0.25, 0.3) is 0 Å². The molecule has 3 nitrogen and oxygen atoms in total. The van der Waals surface area contributed by atoms with Crippen LogP contribution in [0.5, 0.6) is 5.75 Å². The Morgan fingerprint density at radius 1 is 1.47 bits per heavy atom. The number of benzene rings is 1. The summed E-state index contributed by atoms with van der Waals surface area (Å²) in [4.78, 5) is 11.0. The summed E-state index contributed by atoms with van der Waals surface area (Å²) in [6, 6.07) is 5.14. The lowest BCUT2D eigenvalue weighted by Gasteiger charge is -2.20. The fraction of sp³-hybridized carbons (Fsp3) is 0.357. The minimum absolute atomic E-state index is 0.0755. The van der Waals surface area contributed by atoms with Crippen LogP contribution < -0.4 is 4.74 Å². The van der Waals surface area contributed by atoms with Crippen molar-refractivity contribution in [3.05, 3.63) is 41.5 Å². The monoisotopic (exact) mass is 232 g/mol. The third kappa shape index (κ3) is 2.67. The highest BCUT2D eigenvalue weighted by atomic mass is 16.5. The summed E-state index contributed by atoms with van der Waals surface area (Å²) in [6.45, 7) is 1.78. The number of carboxylic acid groups (broad SMARTS) is 1. The third-order valence-corrected chi connectivity index (χ3v) is 3.00. The molecule has 1 aromatic rings. The number of aromatic carboxylic acids is 1. The molecule has 1 unspecified atom stereocenters. The van der Waals surface area contributed by atoms with Crippen molar-refractivity contribution in [2.24, 2.45) is 0 Å². The molecule has 0 saturated carbocycles. The molecule has 0 heterocycles. The van der Waals surface area contributed by atoms with Crippen LogP contribution in [-0.4, -0.2) is 17.2 Å². The molecule has 1 atom stereocenters. The van der Waals surface area contributed by atoms with E-state index in [4.69, 9.17) is 9.84 Å². The Bertz CT molecular complexity index is 449. The zero-order chi connectivity index (χ0) is 12.3. The van der Waals surface area contributed by atoms with E-state index < -0.39 is 5.97 Å². The first-order valence-electron chi connectivity index (χ1n) is 5.84. The molecule has 1 N–H and O–H groups in total. The van der Waals surface area contributed by atoms with Crippen LogP contribution >= 0.6 is 0 Å². The molecular formula is C14H16O3. The second-order valence-corrected chi connectivity index (χ2v) is 4.25. The number of ether oxygens (including phenoxy) is 1. The molecule has 0 fully saturated rings. The zero-order valence-electron chi connectivity index (χ0n) is 9.85. The van der Waals surface area contributed by atoms with Crippen LogP contribution in [0.4, 0.5) is 0 Å². The van der Waals surface area contributed by atoms with Gasteiger partial charge in [-0.2, -0.15) is 0 Å². The zero-order valence-corrected chi connectivity index (χ0v) is 9.85. The van der Waals surface area contributed by atoms with Gasteiger partial charge in [0.1, 0.15) is 11.9 Å². The molecule has 0 aromatic heterocycles. The van der Waals surface area contributed by atoms with E-state index in [0.717, 1.165) is 19.3 Å². The predicted octanol–water partition coefficient (Wildman–Crippen LogP) is 3.18. The van der Waals surface area contributed by atoms with Crippen molar-refractivity contribution >= 4 is 5.97 Å². The fourth-order valence-electron chi connectivity index (χ4n) is 2.02. The highest BCUT2D eigenvalue weighted by Crippen LogP contribution is 2.25. The van der Waals surface area contributed by atoms with Crippen molar-refractivity contribution in [2.45, 2.75) is 32.3 Å². The summed E-state index contributed by atoms with van der Waals surface area (Å²) in [7, 11) is 0. The van der Waals surface area contributed by atoms with E-state index >= 15 is 0 Å². The Morgan fingerprint density at radius 3 is 2.94 bits per heavy atom. The molecule has 0 aliphatic heterocycles. The van der Waals surface area contributed by atoms with E-state index in [1.807, 2.05) is 6.07 Å². The lowest BCUT2D eigenvalue weighted by atomic mass is 10.0. The van der Waals surface area contributed by atoms with Gasteiger partial charge in [0, 0.05) is 5.56 Å². The van der Waals surface area contributed by atoms with Gasteiger partial charge in [-0.3, -0.25) is 0 Å². The van der Waals surface area contributed by atoms with Gasteiger partial charge >= 0.3 is 5.97 Å². The molecule has 90 valence electrons. The molecule has 1 aliphatic carbocycles. The van der Waals surface area contributed by atoms with Gasteiger partial charge < -0.3 is 9.84 Å². The molecule has 1 aliphatic rings. The third-order valence-electron chi connectivity index (χ3n) is 3.00. The SMILES string of the molecule is Cc1c(OC2C=CCCC2)cccc1C(=O)O. The maximum Gasteiger partial charge on any atom is 0.336 e. The van der Waals surface area contributed by atoms with Crippen molar-refractivity contribution in [3.8, 4) is 5.75 Å². The van der Waals surface area contributed by atoms with Crippen molar-refractivity contribution in [1.82, 2.24) is 0 Å². The van der Waals surface area contributed by atoms with E-state index in [0.29, 0.717) is 16.9 Å². The highest BCUT2D eigenvalue weighted by molar-refractivity contribution is 5.90. The van der Waals surface area contributed by atoms with Crippen LogP contribution in [-0.2, 0) is 0 Å². The standard InChI is InChI=1S/C14H16O3/c1-10-12(14(15)16)8-5-9-13(10)17-11-6-3-2-4-7-11/h3,5-6,8-9,11H,2,4,7H2,1H3,(H,15,16). The number of allylic oxidation sites excluding steroid dienone is 1. The summed E-state index contributed by atoms with van der Waals surface area (Å²) in [5, 5.41) is 9.03. The average molecular weight is 232 g/mol. The Balaban J connectivity index is 2.21. The Kier molecular flexibility index (Phi) is 3.47. The van der Waals surface area contributed by atoms with Gasteiger partial charge in [-0.1, -0.05) is 12.1 Å². The van der Waals surface area contributed by atoms with Gasteiger partial charge in [0.15, 0.2) is 0 Å². The van der Waals surface area contributed by atoms with Crippen LogP contribution in [0.1, 0.15) is 35.2 Å². The molecule has 17 heavy (non-hydrogen) atoms. The minimum atomic E-state index is -0.910. The first kappa shape index (κ1) is 11.7. The highest BCUT2D eigenvalue weighted by Gasteiger charge is 2.14. The lowest BCUT2D eigenvalue weighted by molar-refractivity contribution is 0.0695. The fourth-order valence-corrected chi connectivity index (χ4v) is 2.02. The van der Waals surface area contributed by atoms with Crippen LogP contribution in [0.15, 0.2) is 30.4 Å². The first-order valence-corrected chi connectivity index (χ1v) is 5.84. The number of hydrogen-bond donors (Lipinski definition) is 1. The van der Waals surface area contributed by atoms with E-state index in [9.17, 15) is 4.79 Å². The molecule has 0 spiro atoms. The largest absolute Gasteiger partial charge is 0.486 e. The molecule has 1 aromatic carbocycles. The number of hydrogen-bond acceptors (Lipinski definition) is 2.